The smallest absolute Gasteiger partial charge is 0.346 e. The molecule has 6 heteroatoms. The SMILES string of the molecule is Cc1cccn2c(NCc3ccccc3)c(-c3cccc(OC(=O)c4ccccc4F)c3)nc12. The number of pyridine rings is 1. The fraction of sp³-hybridized carbons (Fsp3) is 0.0714. The Kier molecular flexibility index (Phi) is 5.79. The molecule has 0 amide bonds. The van der Waals surface area contributed by atoms with Crippen molar-refractivity contribution in [3.05, 3.63) is 120 Å². The molecule has 5 rings (SSSR count). The summed E-state index contributed by atoms with van der Waals surface area (Å²) in [5.74, 6) is -0.218. The molecule has 0 atom stereocenters. The molecule has 3 aromatic carbocycles. The number of benzene rings is 3. The average molecular weight is 452 g/mol. The highest BCUT2D eigenvalue weighted by Gasteiger charge is 2.18. The number of halogens is 1. The summed E-state index contributed by atoms with van der Waals surface area (Å²) in [5, 5.41) is 3.51. The van der Waals surface area contributed by atoms with E-state index in [0.29, 0.717) is 12.3 Å². The van der Waals surface area contributed by atoms with E-state index < -0.39 is 11.8 Å². The zero-order valence-electron chi connectivity index (χ0n) is 18.5. The van der Waals surface area contributed by atoms with E-state index in [1.54, 1.807) is 24.3 Å². The molecule has 0 bridgehead atoms. The number of aryl methyl sites for hydroxylation is 1. The van der Waals surface area contributed by atoms with Gasteiger partial charge in [0.25, 0.3) is 0 Å². The Morgan fingerprint density at radius 1 is 0.971 bits per heavy atom. The fourth-order valence-electron chi connectivity index (χ4n) is 3.85. The molecule has 2 aromatic heterocycles. The van der Waals surface area contributed by atoms with Gasteiger partial charge in [0.2, 0.25) is 0 Å². The lowest BCUT2D eigenvalue weighted by atomic mass is 10.1. The third-order valence-corrected chi connectivity index (χ3v) is 5.56. The van der Waals surface area contributed by atoms with Crippen molar-refractivity contribution in [1.82, 2.24) is 9.38 Å². The maximum absolute atomic E-state index is 14.0. The van der Waals surface area contributed by atoms with Gasteiger partial charge in [0.1, 0.15) is 28.7 Å². The van der Waals surface area contributed by atoms with Gasteiger partial charge in [-0.2, -0.15) is 0 Å². The van der Waals surface area contributed by atoms with E-state index in [1.807, 2.05) is 53.9 Å². The highest BCUT2D eigenvalue weighted by atomic mass is 19.1. The lowest BCUT2D eigenvalue weighted by Crippen LogP contribution is -2.10. The molecule has 0 aliphatic carbocycles. The van der Waals surface area contributed by atoms with Crippen LogP contribution in [0, 0.1) is 12.7 Å². The van der Waals surface area contributed by atoms with E-state index >= 15 is 0 Å². The topological polar surface area (TPSA) is 55.6 Å². The number of ether oxygens (including phenoxy) is 1. The van der Waals surface area contributed by atoms with Gasteiger partial charge in [-0.05, 0) is 48.4 Å². The van der Waals surface area contributed by atoms with Gasteiger partial charge in [-0.15, -0.1) is 0 Å². The van der Waals surface area contributed by atoms with Crippen LogP contribution in [0.25, 0.3) is 16.9 Å². The Labute approximate surface area is 196 Å². The maximum atomic E-state index is 14.0. The fourth-order valence-corrected chi connectivity index (χ4v) is 3.85. The van der Waals surface area contributed by atoms with Crippen LogP contribution in [0.15, 0.2) is 97.2 Å². The van der Waals surface area contributed by atoms with Gasteiger partial charge >= 0.3 is 5.97 Å². The molecular weight excluding hydrogens is 429 g/mol. The van der Waals surface area contributed by atoms with Crippen molar-refractivity contribution in [2.75, 3.05) is 5.32 Å². The number of carbonyl (C=O) groups excluding carboxylic acids is 1. The maximum Gasteiger partial charge on any atom is 0.346 e. The molecule has 0 aliphatic heterocycles. The Morgan fingerprint density at radius 3 is 2.59 bits per heavy atom. The van der Waals surface area contributed by atoms with Crippen molar-refractivity contribution in [3.8, 4) is 17.0 Å². The normalized spacial score (nSPS) is 10.9. The third-order valence-electron chi connectivity index (χ3n) is 5.56. The summed E-state index contributed by atoms with van der Waals surface area (Å²) in [7, 11) is 0. The van der Waals surface area contributed by atoms with Crippen molar-refractivity contribution >= 4 is 17.4 Å². The monoisotopic (exact) mass is 451 g/mol. The Bertz CT molecular complexity index is 1480. The van der Waals surface area contributed by atoms with Crippen LogP contribution in [0.4, 0.5) is 10.2 Å². The first kappa shape index (κ1) is 21.4. The Morgan fingerprint density at radius 2 is 1.76 bits per heavy atom. The van der Waals surface area contributed by atoms with Gasteiger partial charge in [-0.25, -0.2) is 14.2 Å². The quantitative estimate of drug-likeness (QED) is 0.244. The van der Waals surface area contributed by atoms with E-state index in [1.165, 1.54) is 18.2 Å². The number of anilines is 1. The van der Waals surface area contributed by atoms with Crippen molar-refractivity contribution in [2.45, 2.75) is 13.5 Å². The lowest BCUT2D eigenvalue weighted by molar-refractivity contribution is 0.0730. The number of aromatic nitrogens is 2. The van der Waals surface area contributed by atoms with E-state index in [4.69, 9.17) is 9.72 Å². The van der Waals surface area contributed by atoms with Crippen molar-refractivity contribution in [1.29, 1.82) is 0 Å². The molecule has 0 fully saturated rings. The van der Waals surface area contributed by atoms with Gasteiger partial charge in [-0.1, -0.05) is 60.7 Å². The average Bonchev–Trinajstić information content (AvgIpc) is 3.24. The third kappa shape index (κ3) is 4.26. The molecule has 168 valence electrons. The second kappa shape index (κ2) is 9.19. The van der Waals surface area contributed by atoms with Gasteiger partial charge in [0.15, 0.2) is 0 Å². The summed E-state index contributed by atoms with van der Waals surface area (Å²) in [4.78, 5) is 17.4. The first-order valence-electron chi connectivity index (χ1n) is 10.9. The van der Waals surface area contributed by atoms with Crippen molar-refractivity contribution < 1.29 is 13.9 Å². The molecule has 1 N–H and O–H groups in total. The Balaban J connectivity index is 1.50. The largest absolute Gasteiger partial charge is 0.423 e. The molecule has 5 nitrogen and oxygen atoms in total. The minimum atomic E-state index is -0.747. The number of rotatable bonds is 6. The summed E-state index contributed by atoms with van der Waals surface area (Å²) >= 11 is 0. The number of nitrogens with one attached hydrogen (secondary N) is 1. The van der Waals surface area contributed by atoms with Crippen LogP contribution in [0.2, 0.25) is 0 Å². The second-order valence-electron chi connectivity index (χ2n) is 7.93. The first-order valence-corrected chi connectivity index (χ1v) is 10.9. The highest BCUT2D eigenvalue weighted by molar-refractivity contribution is 5.91. The summed E-state index contributed by atoms with van der Waals surface area (Å²) in [6, 6.07) is 27.0. The van der Waals surface area contributed by atoms with Crippen molar-refractivity contribution in [3.63, 3.8) is 0 Å². The molecular formula is C28H22FN3O2. The standard InChI is InChI=1S/C28H22FN3O2/c1-19-9-8-16-32-26(19)31-25(27(32)30-18-20-10-3-2-4-11-20)21-12-7-13-22(17-21)34-28(33)23-14-5-6-15-24(23)29/h2-17,30H,18H2,1H3. The minimum Gasteiger partial charge on any atom is -0.423 e. The number of nitrogens with zero attached hydrogens (tertiary/aromatic N) is 2. The van der Waals surface area contributed by atoms with Crippen LogP contribution in [0.3, 0.4) is 0 Å². The molecule has 0 unspecified atom stereocenters. The number of esters is 1. The van der Waals surface area contributed by atoms with Gasteiger partial charge in [-0.3, -0.25) is 4.40 Å². The van der Waals surface area contributed by atoms with Crippen LogP contribution in [0.5, 0.6) is 5.75 Å². The molecule has 0 radical (unpaired) electrons. The molecule has 0 saturated heterocycles. The molecule has 2 heterocycles. The van der Waals surface area contributed by atoms with Crippen LogP contribution in [-0.2, 0) is 6.54 Å². The molecule has 5 aromatic rings. The first-order chi connectivity index (χ1) is 16.6. The van der Waals surface area contributed by atoms with Crippen molar-refractivity contribution in [2.24, 2.45) is 0 Å². The van der Waals surface area contributed by atoms with Crippen LogP contribution in [0.1, 0.15) is 21.5 Å². The molecule has 0 spiro atoms. The van der Waals surface area contributed by atoms with Gasteiger partial charge in [0.05, 0.1) is 5.56 Å². The molecule has 0 aliphatic rings. The van der Waals surface area contributed by atoms with E-state index in [-0.39, 0.29) is 5.56 Å². The summed E-state index contributed by atoms with van der Waals surface area (Å²) < 4.78 is 21.5. The number of carbonyl (C=O) groups is 1. The number of fused-ring (bicyclic) bond motifs is 1. The van der Waals surface area contributed by atoms with E-state index in [2.05, 4.69) is 17.4 Å². The predicted molar refractivity (Wildman–Crippen MR) is 130 cm³/mol. The predicted octanol–water partition coefficient (Wildman–Crippen LogP) is 6.28. The molecule has 0 saturated carbocycles. The summed E-state index contributed by atoms with van der Waals surface area (Å²) in [5.41, 5.74) is 4.41. The zero-order valence-corrected chi connectivity index (χ0v) is 18.5. The highest BCUT2D eigenvalue weighted by Crippen LogP contribution is 2.32. The van der Waals surface area contributed by atoms with Gasteiger partial charge in [0, 0.05) is 18.3 Å². The minimum absolute atomic E-state index is 0.110. The van der Waals surface area contributed by atoms with E-state index in [9.17, 15) is 9.18 Å². The lowest BCUT2D eigenvalue weighted by Gasteiger charge is -2.10. The Hall–Kier alpha value is -4.45. The zero-order chi connectivity index (χ0) is 23.5. The summed E-state index contributed by atoms with van der Waals surface area (Å²) in [6.45, 7) is 2.64. The van der Waals surface area contributed by atoms with Crippen LogP contribution >= 0.6 is 0 Å². The van der Waals surface area contributed by atoms with E-state index in [0.717, 1.165) is 33.8 Å². The number of imidazole rings is 1. The number of hydrogen-bond acceptors (Lipinski definition) is 4. The van der Waals surface area contributed by atoms with Crippen LogP contribution in [-0.4, -0.2) is 15.4 Å². The number of hydrogen-bond donors (Lipinski definition) is 1. The molecule has 34 heavy (non-hydrogen) atoms. The second-order valence-corrected chi connectivity index (χ2v) is 7.93. The summed E-state index contributed by atoms with van der Waals surface area (Å²) in [6.07, 6.45) is 1.97. The van der Waals surface area contributed by atoms with Gasteiger partial charge < -0.3 is 10.1 Å². The van der Waals surface area contributed by atoms with Crippen LogP contribution < -0.4 is 10.1 Å².